The molecule has 0 bridgehead atoms. The van der Waals surface area contributed by atoms with Crippen LogP contribution in [0.1, 0.15) is 38.9 Å². The van der Waals surface area contributed by atoms with Crippen molar-refractivity contribution in [1.29, 1.82) is 0 Å². The van der Waals surface area contributed by atoms with Crippen molar-refractivity contribution < 1.29 is 5.11 Å². The average molecular weight is 237 g/mol. The van der Waals surface area contributed by atoms with E-state index in [9.17, 15) is 5.11 Å². The van der Waals surface area contributed by atoms with E-state index in [0.717, 1.165) is 31.6 Å². The van der Waals surface area contributed by atoms with Crippen molar-refractivity contribution in [3.05, 3.63) is 18.2 Å². The van der Waals surface area contributed by atoms with Crippen LogP contribution in [0.2, 0.25) is 0 Å². The summed E-state index contributed by atoms with van der Waals surface area (Å²) in [7, 11) is 0. The zero-order valence-electron chi connectivity index (χ0n) is 11.0. The minimum atomic E-state index is -0.134. The highest BCUT2D eigenvalue weighted by Gasteiger charge is 2.24. The van der Waals surface area contributed by atoms with Crippen LogP contribution in [0.3, 0.4) is 0 Å². The predicted octanol–water partition coefficient (Wildman–Crippen LogP) is 1.46. The second kappa shape index (κ2) is 5.19. The monoisotopic (exact) mass is 237 g/mol. The van der Waals surface area contributed by atoms with Crippen LogP contribution in [-0.2, 0) is 6.42 Å². The summed E-state index contributed by atoms with van der Waals surface area (Å²) in [5, 5.41) is 9.53. The number of imidazole rings is 1. The minimum absolute atomic E-state index is 0.134. The van der Waals surface area contributed by atoms with E-state index in [2.05, 4.69) is 41.4 Å². The van der Waals surface area contributed by atoms with E-state index in [1.807, 2.05) is 6.33 Å². The van der Waals surface area contributed by atoms with Gasteiger partial charge in [0.2, 0.25) is 0 Å². The Kier molecular flexibility index (Phi) is 3.84. The number of aliphatic hydroxyl groups is 1. The van der Waals surface area contributed by atoms with Crippen LogP contribution in [0.4, 0.5) is 0 Å². The third-order valence-electron chi connectivity index (χ3n) is 3.57. The fourth-order valence-electron chi connectivity index (χ4n) is 2.37. The number of hydrogen-bond donors (Lipinski definition) is 1. The molecule has 1 fully saturated rings. The molecule has 2 atom stereocenters. The summed E-state index contributed by atoms with van der Waals surface area (Å²) in [6.07, 6.45) is 5.78. The first-order chi connectivity index (χ1) is 8.06. The van der Waals surface area contributed by atoms with Gasteiger partial charge in [0.1, 0.15) is 0 Å². The molecule has 0 radical (unpaired) electrons. The molecule has 1 N–H and O–H groups in total. The molecule has 1 aliphatic heterocycles. The van der Waals surface area contributed by atoms with Gasteiger partial charge in [-0.25, -0.2) is 4.98 Å². The van der Waals surface area contributed by atoms with E-state index >= 15 is 0 Å². The predicted molar refractivity (Wildman–Crippen MR) is 68.0 cm³/mol. The first kappa shape index (κ1) is 12.6. The molecule has 0 amide bonds. The number of nitrogens with zero attached hydrogens (tertiary/aromatic N) is 3. The quantitative estimate of drug-likeness (QED) is 0.862. The number of aliphatic hydroxyl groups excluding tert-OH is 1. The second-order valence-electron chi connectivity index (χ2n) is 5.40. The molecular weight excluding hydrogens is 214 g/mol. The lowest BCUT2D eigenvalue weighted by atomic mass is 10.1. The third-order valence-corrected chi connectivity index (χ3v) is 3.57. The molecule has 1 unspecified atom stereocenters. The van der Waals surface area contributed by atoms with E-state index in [1.165, 1.54) is 0 Å². The van der Waals surface area contributed by atoms with Crippen LogP contribution in [0, 0.1) is 0 Å². The van der Waals surface area contributed by atoms with E-state index < -0.39 is 0 Å². The zero-order chi connectivity index (χ0) is 12.4. The average Bonchev–Trinajstić information content (AvgIpc) is 2.86. The topological polar surface area (TPSA) is 41.3 Å². The molecule has 4 nitrogen and oxygen atoms in total. The van der Waals surface area contributed by atoms with Gasteiger partial charge in [0.15, 0.2) is 0 Å². The lowest BCUT2D eigenvalue weighted by molar-refractivity contribution is 0.162. The number of rotatable bonds is 4. The zero-order valence-corrected chi connectivity index (χ0v) is 11.0. The number of hydrogen-bond acceptors (Lipinski definition) is 3. The van der Waals surface area contributed by atoms with Crippen LogP contribution in [0.15, 0.2) is 12.5 Å². The highest BCUT2D eigenvalue weighted by Crippen LogP contribution is 2.16. The first-order valence-electron chi connectivity index (χ1n) is 6.50. The van der Waals surface area contributed by atoms with Gasteiger partial charge in [0.05, 0.1) is 18.1 Å². The molecule has 4 heteroatoms. The van der Waals surface area contributed by atoms with E-state index in [1.54, 1.807) is 0 Å². The molecule has 1 aromatic heterocycles. The molecule has 0 saturated carbocycles. The van der Waals surface area contributed by atoms with Crippen molar-refractivity contribution in [3.8, 4) is 0 Å². The molecule has 96 valence electrons. The molecule has 17 heavy (non-hydrogen) atoms. The first-order valence-corrected chi connectivity index (χ1v) is 6.50. The Bertz CT molecular complexity index is 361. The fourth-order valence-corrected chi connectivity index (χ4v) is 2.37. The van der Waals surface area contributed by atoms with Gasteiger partial charge in [-0.1, -0.05) is 0 Å². The highest BCUT2D eigenvalue weighted by atomic mass is 16.3. The fraction of sp³-hybridized carbons (Fsp3) is 0.769. The summed E-state index contributed by atoms with van der Waals surface area (Å²) >= 11 is 0. The molecular formula is C13H23N3O. The Hall–Kier alpha value is -0.870. The van der Waals surface area contributed by atoms with Gasteiger partial charge in [-0.15, -0.1) is 0 Å². The molecule has 1 aromatic rings. The Labute approximate surface area is 103 Å². The van der Waals surface area contributed by atoms with Gasteiger partial charge >= 0.3 is 0 Å². The minimum Gasteiger partial charge on any atom is -0.392 e. The normalized spacial score (nSPS) is 23.5. The van der Waals surface area contributed by atoms with Crippen molar-refractivity contribution in [2.24, 2.45) is 0 Å². The summed E-state index contributed by atoms with van der Waals surface area (Å²) in [6.45, 7) is 8.35. The van der Waals surface area contributed by atoms with Gasteiger partial charge in [-0.3, -0.25) is 4.90 Å². The lowest BCUT2D eigenvalue weighted by Crippen LogP contribution is -2.33. The molecule has 1 saturated heterocycles. The third kappa shape index (κ3) is 3.07. The van der Waals surface area contributed by atoms with Crippen LogP contribution in [-0.4, -0.2) is 44.8 Å². The number of β-amino-alcohol motifs (C(OH)–C–C–N with tert-alkyl or cyclic N) is 1. The Morgan fingerprint density at radius 3 is 2.76 bits per heavy atom. The van der Waals surface area contributed by atoms with Crippen molar-refractivity contribution in [3.63, 3.8) is 0 Å². The summed E-state index contributed by atoms with van der Waals surface area (Å²) < 4.78 is 2.14. The largest absolute Gasteiger partial charge is 0.392 e. The van der Waals surface area contributed by atoms with Crippen molar-refractivity contribution in [2.45, 2.75) is 51.8 Å². The van der Waals surface area contributed by atoms with E-state index in [-0.39, 0.29) is 6.10 Å². The maximum absolute atomic E-state index is 9.53. The van der Waals surface area contributed by atoms with Crippen LogP contribution < -0.4 is 0 Å². The highest BCUT2D eigenvalue weighted by molar-refractivity contribution is 5.00. The summed E-state index contributed by atoms with van der Waals surface area (Å²) in [6, 6.07) is 0.933. The van der Waals surface area contributed by atoms with Crippen molar-refractivity contribution in [1.82, 2.24) is 14.5 Å². The summed E-state index contributed by atoms with van der Waals surface area (Å²) in [5.74, 6) is 0. The molecule has 2 heterocycles. The van der Waals surface area contributed by atoms with Crippen LogP contribution >= 0.6 is 0 Å². The van der Waals surface area contributed by atoms with Crippen molar-refractivity contribution >= 4 is 0 Å². The molecule has 0 aromatic carbocycles. The van der Waals surface area contributed by atoms with Gasteiger partial charge < -0.3 is 9.67 Å². The van der Waals surface area contributed by atoms with Crippen LogP contribution in [0.25, 0.3) is 0 Å². The SMILES string of the molecule is CC(Cc1cn(C(C)C)cn1)N1CC[C@H](O)C1. The molecule has 0 spiro atoms. The summed E-state index contributed by atoms with van der Waals surface area (Å²) in [5.41, 5.74) is 1.15. The van der Waals surface area contributed by atoms with Gasteiger partial charge in [-0.05, 0) is 27.2 Å². The molecule has 0 aliphatic carbocycles. The van der Waals surface area contributed by atoms with Gasteiger partial charge in [-0.2, -0.15) is 0 Å². The Morgan fingerprint density at radius 1 is 1.47 bits per heavy atom. The Balaban J connectivity index is 1.91. The maximum Gasteiger partial charge on any atom is 0.0951 e. The second-order valence-corrected chi connectivity index (χ2v) is 5.40. The van der Waals surface area contributed by atoms with E-state index in [4.69, 9.17) is 0 Å². The van der Waals surface area contributed by atoms with Crippen molar-refractivity contribution in [2.75, 3.05) is 13.1 Å². The Morgan fingerprint density at radius 2 is 2.24 bits per heavy atom. The van der Waals surface area contributed by atoms with Crippen LogP contribution in [0.5, 0.6) is 0 Å². The molecule has 2 rings (SSSR count). The smallest absolute Gasteiger partial charge is 0.0951 e. The molecule has 1 aliphatic rings. The lowest BCUT2D eigenvalue weighted by Gasteiger charge is -2.22. The van der Waals surface area contributed by atoms with Gasteiger partial charge in [0.25, 0.3) is 0 Å². The maximum atomic E-state index is 9.53. The number of aromatic nitrogens is 2. The van der Waals surface area contributed by atoms with E-state index in [0.29, 0.717) is 12.1 Å². The summed E-state index contributed by atoms with van der Waals surface area (Å²) in [4.78, 5) is 6.79. The number of likely N-dealkylation sites (tertiary alicyclic amines) is 1. The van der Waals surface area contributed by atoms with Gasteiger partial charge in [0, 0.05) is 37.8 Å². The standard InChI is InChI=1S/C13H23N3O/c1-10(2)16-7-12(14-9-16)6-11(3)15-5-4-13(17)8-15/h7,9-11,13,17H,4-6,8H2,1-3H3/t11?,13-/m0/s1.